The summed E-state index contributed by atoms with van der Waals surface area (Å²) in [6.07, 6.45) is 1.38. The second-order valence-corrected chi connectivity index (χ2v) is 7.93. The molecule has 0 fully saturated rings. The molecule has 0 bridgehead atoms. The van der Waals surface area contributed by atoms with Gasteiger partial charge in [-0.1, -0.05) is 76.7 Å². The maximum atomic E-state index is 12.5. The number of nitriles is 1. The molecule has 0 atom stereocenters. The number of rotatable bonds is 6. The molecule has 31 heavy (non-hydrogen) atoms. The van der Waals surface area contributed by atoms with Crippen molar-refractivity contribution in [1.82, 2.24) is 0 Å². The molecule has 3 rings (SSSR count). The number of hydrogen-bond donors (Lipinski definition) is 1. The molecule has 4 nitrogen and oxygen atoms in total. The highest BCUT2D eigenvalue weighted by atomic mass is 35.5. The maximum Gasteiger partial charge on any atom is 0.266 e. The molecule has 3 aromatic carbocycles. The molecule has 0 aliphatic heterocycles. The van der Waals surface area contributed by atoms with Crippen molar-refractivity contribution in [2.75, 3.05) is 5.32 Å². The third-order valence-corrected chi connectivity index (χ3v) is 5.41. The molecule has 0 radical (unpaired) electrons. The second-order valence-electron chi connectivity index (χ2n) is 6.30. The summed E-state index contributed by atoms with van der Waals surface area (Å²) in [5.74, 6) is -0.332. The number of benzene rings is 3. The fourth-order valence-corrected chi connectivity index (χ4v) is 3.62. The van der Waals surface area contributed by atoms with Gasteiger partial charge in [0.25, 0.3) is 5.91 Å². The van der Waals surface area contributed by atoms with Crippen LogP contribution in [0.5, 0.6) is 5.75 Å². The molecule has 0 spiro atoms. The van der Waals surface area contributed by atoms with Crippen LogP contribution >= 0.6 is 46.4 Å². The standard InChI is InChI=1S/C23H14Cl4N2O2/c24-17-6-2-1-5-15(17)13-31-22-19(26)10-14(11-20(22)27)9-16(12-28)23(30)29-21-8-4-3-7-18(21)25/h1-11H,13H2,(H,29,30)/b16-9+. The highest BCUT2D eigenvalue weighted by Crippen LogP contribution is 2.36. The smallest absolute Gasteiger partial charge is 0.266 e. The summed E-state index contributed by atoms with van der Waals surface area (Å²) in [6, 6.07) is 19.0. The van der Waals surface area contributed by atoms with E-state index in [1.165, 1.54) is 6.08 Å². The number of nitrogens with one attached hydrogen (secondary N) is 1. The largest absolute Gasteiger partial charge is 0.486 e. The number of halogens is 4. The number of para-hydroxylation sites is 1. The first-order valence-corrected chi connectivity index (χ1v) is 10.4. The number of nitrogens with zero attached hydrogens (tertiary/aromatic N) is 1. The van der Waals surface area contributed by atoms with Gasteiger partial charge in [0.1, 0.15) is 18.2 Å². The first-order valence-electron chi connectivity index (χ1n) is 8.92. The van der Waals surface area contributed by atoms with E-state index in [-0.39, 0.29) is 28.0 Å². The summed E-state index contributed by atoms with van der Waals surface area (Å²) in [6.45, 7) is 0.179. The molecule has 1 amide bonds. The summed E-state index contributed by atoms with van der Waals surface area (Å²) in [5.41, 5.74) is 1.50. The van der Waals surface area contributed by atoms with Gasteiger partial charge in [0.05, 0.1) is 20.8 Å². The average Bonchev–Trinajstić information content (AvgIpc) is 2.74. The van der Waals surface area contributed by atoms with Gasteiger partial charge < -0.3 is 10.1 Å². The van der Waals surface area contributed by atoms with Crippen LogP contribution in [-0.2, 0) is 11.4 Å². The lowest BCUT2D eigenvalue weighted by molar-refractivity contribution is -0.112. The topological polar surface area (TPSA) is 62.1 Å². The number of anilines is 1. The van der Waals surface area contributed by atoms with E-state index >= 15 is 0 Å². The van der Waals surface area contributed by atoms with E-state index in [0.29, 0.717) is 21.3 Å². The minimum atomic E-state index is -0.609. The SMILES string of the molecule is N#C/C(=C\c1cc(Cl)c(OCc2ccccc2Cl)c(Cl)c1)C(=O)Nc1ccccc1Cl. The Hall–Kier alpha value is -2.68. The van der Waals surface area contributed by atoms with E-state index in [0.717, 1.165) is 5.56 Å². The Morgan fingerprint density at radius 1 is 0.935 bits per heavy atom. The van der Waals surface area contributed by atoms with Crippen molar-refractivity contribution in [2.24, 2.45) is 0 Å². The number of amides is 1. The van der Waals surface area contributed by atoms with Crippen LogP contribution in [-0.4, -0.2) is 5.91 Å². The van der Waals surface area contributed by atoms with Gasteiger partial charge in [-0.25, -0.2) is 0 Å². The van der Waals surface area contributed by atoms with Gasteiger partial charge in [0.15, 0.2) is 5.75 Å². The summed E-state index contributed by atoms with van der Waals surface area (Å²) in [7, 11) is 0. The lowest BCUT2D eigenvalue weighted by Gasteiger charge is -2.12. The van der Waals surface area contributed by atoms with Crippen molar-refractivity contribution in [3.05, 3.63) is 97.5 Å². The summed E-state index contributed by atoms with van der Waals surface area (Å²) in [5, 5.41) is 13.4. The second kappa shape index (κ2) is 10.6. The van der Waals surface area contributed by atoms with Crippen LogP contribution in [0.3, 0.4) is 0 Å². The van der Waals surface area contributed by atoms with Crippen molar-refractivity contribution in [3.63, 3.8) is 0 Å². The Labute approximate surface area is 199 Å². The van der Waals surface area contributed by atoms with E-state index in [2.05, 4.69) is 5.32 Å². The Morgan fingerprint density at radius 2 is 1.55 bits per heavy atom. The molecule has 0 aliphatic rings. The quantitative estimate of drug-likeness (QED) is 0.288. The molecule has 0 aliphatic carbocycles. The number of carbonyl (C=O) groups is 1. The molecule has 0 unspecified atom stereocenters. The fraction of sp³-hybridized carbons (Fsp3) is 0.0435. The van der Waals surface area contributed by atoms with Gasteiger partial charge >= 0.3 is 0 Å². The zero-order chi connectivity index (χ0) is 22.4. The van der Waals surface area contributed by atoms with Crippen molar-refractivity contribution in [1.29, 1.82) is 5.26 Å². The molecular formula is C23H14Cl4N2O2. The predicted molar refractivity (Wildman–Crippen MR) is 126 cm³/mol. The van der Waals surface area contributed by atoms with E-state index in [1.807, 2.05) is 24.3 Å². The number of hydrogen-bond acceptors (Lipinski definition) is 3. The van der Waals surface area contributed by atoms with Crippen molar-refractivity contribution < 1.29 is 9.53 Å². The third-order valence-electron chi connectivity index (χ3n) is 4.15. The minimum absolute atomic E-state index is 0.142. The molecule has 3 aromatic rings. The summed E-state index contributed by atoms with van der Waals surface area (Å²) in [4.78, 5) is 12.5. The first kappa shape index (κ1) is 23.0. The van der Waals surface area contributed by atoms with Gasteiger partial charge in [-0.15, -0.1) is 0 Å². The Bertz CT molecular complexity index is 1180. The molecule has 0 saturated carbocycles. The zero-order valence-electron chi connectivity index (χ0n) is 15.8. The average molecular weight is 492 g/mol. The molecule has 8 heteroatoms. The molecule has 0 saturated heterocycles. The van der Waals surface area contributed by atoms with Crippen LogP contribution < -0.4 is 10.1 Å². The van der Waals surface area contributed by atoms with Crippen LogP contribution in [0.4, 0.5) is 5.69 Å². The van der Waals surface area contributed by atoms with Crippen LogP contribution in [0, 0.1) is 11.3 Å². The van der Waals surface area contributed by atoms with Gasteiger partial charge in [-0.05, 0) is 42.0 Å². The molecule has 0 aromatic heterocycles. The van der Waals surface area contributed by atoms with Gasteiger partial charge in [0.2, 0.25) is 0 Å². The van der Waals surface area contributed by atoms with Crippen molar-refractivity contribution >= 4 is 64.1 Å². The maximum absolute atomic E-state index is 12.5. The third kappa shape index (κ3) is 5.94. The van der Waals surface area contributed by atoms with Gasteiger partial charge in [0, 0.05) is 10.6 Å². The summed E-state index contributed by atoms with van der Waals surface area (Å²) < 4.78 is 5.73. The predicted octanol–water partition coefficient (Wildman–Crippen LogP) is 7.42. The number of carbonyl (C=O) groups excluding carboxylic acids is 1. The van der Waals surface area contributed by atoms with E-state index in [4.69, 9.17) is 51.1 Å². The highest BCUT2D eigenvalue weighted by Gasteiger charge is 2.14. The normalized spacial score (nSPS) is 11.0. The number of ether oxygens (including phenoxy) is 1. The lowest BCUT2D eigenvalue weighted by Crippen LogP contribution is -2.13. The van der Waals surface area contributed by atoms with Crippen LogP contribution in [0.25, 0.3) is 6.08 Å². The monoisotopic (exact) mass is 490 g/mol. The Kier molecular flexibility index (Phi) is 7.84. The van der Waals surface area contributed by atoms with Gasteiger partial charge in [-0.2, -0.15) is 5.26 Å². The van der Waals surface area contributed by atoms with Crippen molar-refractivity contribution in [2.45, 2.75) is 6.61 Å². The minimum Gasteiger partial charge on any atom is -0.486 e. The highest BCUT2D eigenvalue weighted by molar-refractivity contribution is 6.37. The lowest BCUT2D eigenvalue weighted by atomic mass is 10.1. The van der Waals surface area contributed by atoms with Gasteiger partial charge in [-0.3, -0.25) is 4.79 Å². The molecular weight excluding hydrogens is 478 g/mol. The van der Waals surface area contributed by atoms with Crippen LogP contribution in [0.1, 0.15) is 11.1 Å². The molecule has 156 valence electrons. The van der Waals surface area contributed by atoms with E-state index in [9.17, 15) is 10.1 Å². The van der Waals surface area contributed by atoms with E-state index < -0.39 is 5.91 Å². The Morgan fingerprint density at radius 3 is 2.16 bits per heavy atom. The van der Waals surface area contributed by atoms with Crippen molar-refractivity contribution in [3.8, 4) is 11.8 Å². The summed E-state index contributed by atoms with van der Waals surface area (Å²) >= 11 is 24.8. The fourth-order valence-electron chi connectivity index (χ4n) is 2.63. The van der Waals surface area contributed by atoms with Crippen LogP contribution in [0.15, 0.2) is 66.2 Å². The zero-order valence-corrected chi connectivity index (χ0v) is 18.9. The van der Waals surface area contributed by atoms with E-state index in [1.54, 1.807) is 42.5 Å². The first-order chi connectivity index (χ1) is 14.9. The molecule has 1 N–H and O–H groups in total. The molecule has 0 heterocycles. The van der Waals surface area contributed by atoms with Crippen LogP contribution in [0.2, 0.25) is 20.1 Å². The Balaban J connectivity index is 1.80.